The largest absolute Gasteiger partial charge is 0.484 e. The SMILES string of the molecule is O=C(COc1ccc(Cl)cc1)Nc1ccc(-n2cncn2)cc1. The minimum Gasteiger partial charge on any atom is -0.484 e. The van der Waals surface area contributed by atoms with Crippen molar-refractivity contribution in [3.05, 3.63) is 66.2 Å². The summed E-state index contributed by atoms with van der Waals surface area (Å²) in [6.45, 7) is -0.0769. The highest BCUT2D eigenvalue weighted by atomic mass is 35.5. The zero-order valence-corrected chi connectivity index (χ0v) is 12.8. The van der Waals surface area contributed by atoms with Crippen molar-refractivity contribution in [2.75, 3.05) is 11.9 Å². The molecule has 0 spiro atoms. The van der Waals surface area contributed by atoms with Gasteiger partial charge in [0.15, 0.2) is 6.61 Å². The average molecular weight is 329 g/mol. The number of halogens is 1. The van der Waals surface area contributed by atoms with Crippen molar-refractivity contribution in [1.29, 1.82) is 0 Å². The van der Waals surface area contributed by atoms with Crippen LogP contribution in [0.25, 0.3) is 5.69 Å². The fourth-order valence-electron chi connectivity index (χ4n) is 1.92. The molecule has 1 aromatic heterocycles. The van der Waals surface area contributed by atoms with Gasteiger partial charge in [0.1, 0.15) is 18.4 Å². The van der Waals surface area contributed by atoms with Crippen LogP contribution in [-0.4, -0.2) is 27.3 Å². The van der Waals surface area contributed by atoms with Crippen molar-refractivity contribution < 1.29 is 9.53 Å². The first-order valence-electron chi connectivity index (χ1n) is 6.84. The van der Waals surface area contributed by atoms with Crippen LogP contribution >= 0.6 is 11.6 Å². The topological polar surface area (TPSA) is 69.0 Å². The van der Waals surface area contributed by atoms with Crippen LogP contribution in [0.3, 0.4) is 0 Å². The molecule has 6 nitrogen and oxygen atoms in total. The maximum atomic E-state index is 11.9. The molecule has 1 amide bonds. The lowest BCUT2D eigenvalue weighted by Gasteiger charge is -2.08. The fraction of sp³-hybridized carbons (Fsp3) is 0.0625. The third-order valence-electron chi connectivity index (χ3n) is 3.02. The second-order valence-corrected chi connectivity index (χ2v) is 5.11. The van der Waals surface area contributed by atoms with Crippen molar-refractivity contribution in [1.82, 2.24) is 14.8 Å². The maximum absolute atomic E-state index is 11.9. The van der Waals surface area contributed by atoms with Gasteiger partial charge in [0, 0.05) is 10.7 Å². The molecule has 23 heavy (non-hydrogen) atoms. The molecule has 0 unspecified atom stereocenters. The first-order chi connectivity index (χ1) is 11.2. The van der Waals surface area contributed by atoms with Crippen LogP contribution in [0.15, 0.2) is 61.2 Å². The van der Waals surface area contributed by atoms with E-state index in [4.69, 9.17) is 16.3 Å². The Morgan fingerprint density at radius 2 is 1.87 bits per heavy atom. The van der Waals surface area contributed by atoms with Crippen LogP contribution < -0.4 is 10.1 Å². The van der Waals surface area contributed by atoms with Gasteiger partial charge in [-0.05, 0) is 48.5 Å². The number of ether oxygens (including phenoxy) is 1. The van der Waals surface area contributed by atoms with Crippen molar-refractivity contribution in [3.63, 3.8) is 0 Å². The molecule has 1 N–H and O–H groups in total. The van der Waals surface area contributed by atoms with Gasteiger partial charge in [0.2, 0.25) is 0 Å². The van der Waals surface area contributed by atoms with Gasteiger partial charge in [-0.25, -0.2) is 9.67 Å². The molecule has 0 aliphatic rings. The second-order valence-electron chi connectivity index (χ2n) is 4.68. The highest BCUT2D eigenvalue weighted by Crippen LogP contribution is 2.16. The lowest BCUT2D eigenvalue weighted by Crippen LogP contribution is -2.20. The van der Waals surface area contributed by atoms with Gasteiger partial charge in [-0.1, -0.05) is 11.6 Å². The van der Waals surface area contributed by atoms with E-state index in [0.717, 1.165) is 5.69 Å². The number of carbonyl (C=O) groups is 1. The maximum Gasteiger partial charge on any atom is 0.262 e. The van der Waals surface area contributed by atoms with Gasteiger partial charge in [-0.3, -0.25) is 4.79 Å². The molecular formula is C16H13ClN4O2. The summed E-state index contributed by atoms with van der Waals surface area (Å²) in [4.78, 5) is 15.8. The molecule has 0 fully saturated rings. The summed E-state index contributed by atoms with van der Waals surface area (Å²) in [7, 11) is 0. The van der Waals surface area contributed by atoms with E-state index in [1.807, 2.05) is 12.1 Å². The Kier molecular flexibility index (Phi) is 4.54. The van der Waals surface area contributed by atoms with E-state index in [0.29, 0.717) is 16.5 Å². The number of aromatic nitrogens is 3. The van der Waals surface area contributed by atoms with Gasteiger partial charge in [-0.15, -0.1) is 0 Å². The van der Waals surface area contributed by atoms with Gasteiger partial charge in [-0.2, -0.15) is 5.10 Å². The lowest BCUT2D eigenvalue weighted by atomic mass is 10.3. The van der Waals surface area contributed by atoms with E-state index in [-0.39, 0.29) is 12.5 Å². The predicted molar refractivity (Wildman–Crippen MR) is 86.9 cm³/mol. The number of nitrogens with zero attached hydrogens (tertiary/aromatic N) is 3. The molecule has 0 aliphatic carbocycles. The number of hydrogen-bond acceptors (Lipinski definition) is 4. The molecule has 0 aliphatic heterocycles. The summed E-state index contributed by atoms with van der Waals surface area (Å²) < 4.78 is 7.02. The summed E-state index contributed by atoms with van der Waals surface area (Å²) >= 11 is 5.79. The van der Waals surface area contributed by atoms with Gasteiger partial charge < -0.3 is 10.1 Å². The standard InChI is InChI=1S/C16H13ClN4O2/c17-12-1-7-15(8-2-12)23-9-16(22)20-13-3-5-14(6-4-13)21-11-18-10-19-21/h1-8,10-11H,9H2,(H,20,22). The Morgan fingerprint density at radius 3 is 2.52 bits per heavy atom. The normalized spacial score (nSPS) is 10.3. The first kappa shape index (κ1) is 15.1. The number of amides is 1. The number of hydrogen-bond donors (Lipinski definition) is 1. The summed E-state index contributed by atoms with van der Waals surface area (Å²) in [6.07, 6.45) is 3.07. The molecular weight excluding hydrogens is 316 g/mol. The number of rotatable bonds is 5. The van der Waals surface area contributed by atoms with Crippen LogP contribution in [0.4, 0.5) is 5.69 Å². The molecule has 0 bridgehead atoms. The summed E-state index contributed by atoms with van der Waals surface area (Å²) in [6, 6.07) is 14.1. The predicted octanol–water partition coefficient (Wildman–Crippen LogP) is 2.94. The molecule has 3 rings (SSSR count). The van der Waals surface area contributed by atoms with Crippen molar-refractivity contribution in [3.8, 4) is 11.4 Å². The monoisotopic (exact) mass is 328 g/mol. The average Bonchev–Trinajstić information content (AvgIpc) is 3.09. The summed E-state index contributed by atoms with van der Waals surface area (Å²) in [5.41, 5.74) is 1.54. The van der Waals surface area contributed by atoms with Gasteiger partial charge in [0.05, 0.1) is 5.69 Å². The molecule has 1 heterocycles. The summed E-state index contributed by atoms with van der Waals surface area (Å²) in [5.74, 6) is 0.347. The second kappa shape index (κ2) is 6.93. The Bertz CT molecular complexity index is 771. The van der Waals surface area contributed by atoms with Crippen LogP contribution in [0.5, 0.6) is 5.75 Å². The van der Waals surface area contributed by atoms with Crippen molar-refractivity contribution in [2.45, 2.75) is 0 Å². The van der Waals surface area contributed by atoms with Gasteiger partial charge in [0.25, 0.3) is 5.91 Å². The molecule has 0 saturated carbocycles. The molecule has 0 atom stereocenters. The highest BCUT2D eigenvalue weighted by Gasteiger charge is 2.04. The Labute approximate surface area is 137 Å². The zero-order chi connectivity index (χ0) is 16.1. The molecule has 116 valence electrons. The number of carbonyl (C=O) groups excluding carboxylic acids is 1. The number of nitrogens with one attached hydrogen (secondary N) is 1. The zero-order valence-electron chi connectivity index (χ0n) is 12.0. The quantitative estimate of drug-likeness (QED) is 0.782. The Balaban J connectivity index is 1.54. The Hall–Kier alpha value is -2.86. The van der Waals surface area contributed by atoms with E-state index in [1.54, 1.807) is 47.4 Å². The highest BCUT2D eigenvalue weighted by molar-refractivity contribution is 6.30. The third kappa shape index (κ3) is 4.08. The minimum absolute atomic E-state index is 0.0769. The fourth-order valence-corrected chi connectivity index (χ4v) is 2.04. The number of anilines is 1. The van der Waals surface area contributed by atoms with Crippen LogP contribution in [-0.2, 0) is 4.79 Å². The Morgan fingerprint density at radius 1 is 1.13 bits per heavy atom. The van der Waals surface area contributed by atoms with E-state index in [2.05, 4.69) is 15.4 Å². The number of benzene rings is 2. The van der Waals surface area contributed by atoms with Crippen molar-refractivity contribution >= 4 is 23.2 Å². The minimum atomic E-state index is -0.242. The summed E-state index contributed by atoms with van der Waals surface area (Å²) in [5, 5.41) is 7.42. The first-order valence-corrected chi connectivity index (χ1v) is 7.22. The molecule has 2 aromatic carbocycles. The molecule has 3 aromatic rings. The van der Waals surface area contributed by atoms with E-state index < -0.39 is 0 Å². The van der Waals surface area contributed by atoms with Crippen LogP contribution in [0.2, 0.25) is 5.02 Å². The lowest BCUT2D eigenvalue weighted by molar-refractivity contribution is -0.118. The molecule has 0 radical (unpaired) electrons. The smallest absolute Gasteiger partial charge is 0.262 e. The van der Waals surface area contributed by atoms with E-state index in [9.17, 15) is 4.79 Å². The molecule has 7 heteroatoms. The van der Waals surface area contributed by atoms with E-state index >= 15 is 0 Å². The van der Waals surface area contributed by atoms with E-state index in [1.165, 1.54) is 6.33 Å². The van der Waals surface area contributed by atoms with Crippen LogP contribution in [0.1, 0.15) is 0 Å². The third-order valence-corrected chi connectivity index (χ3v) is 3.27. The van der Waals surface area contributed by atoms with Gasteiger partial charge >= 0.3 is 0 Å². The molecule has 0 saturated heterocycles. The van der Waals surface area contributed by atoms with Crippen LogP contribution in [0, 0.1) is 0 Å². The van der Waals surface area contributed by atoms with Crippen molar-refractivity contribution in [2.24, 2.45) is 0 Å².